The first-order valence-electron chi connectivity index (χ1n) is 7.60. The smallest absolute Gasteiger partial charge is 0.181 e. The Morgan fingerprint density at radius 2 is 1.68 bits per heavy atom. The van der Waals surface area contributed by atoms with E-state index in [9.17, 15) is 4.79 Å². The van der Waals surface area contributed by atoms with Crippen molar-refractivity contribution in [2.24, 2.45) is 0 Å². The normalized spacial score (nSPS) is 12.1. The van der Waals surface area contributed by atoms with Gasteiger partial charge in [0, 0.05) is 5.02 Å². The molecule has 1 aromatic carbocycles. The fourth-order valence-electron chi connectivity index (χ4n) is 1.54. The van der Waals surface area contributed by atoms with E-state index in [0.29, 0.717) is 11.4 Å². The van der Waals surface area contributed by atoms with Crippen LogP contribution in [0, 0.1) is 0 Å². The predicted octanol–water partition coefficient (Wildman–Crippen LogP) is 6.97. The van der Waals surface area contributed by atoms with Crippen LogP contribution in [0.4, 0.5) is 0 Å². The molecule has 0 amide bonds. The summed E-state index contributed by atoms with van der Waals surface area (Å²) in [6.45, 7) is 8.04. The van der Waals surface area contributed by atoms with Crippen LogP contribution >= 0.6 is 27.5 Å². The molecule has 0 spiro atoms. The van der Waals surface area contributed by atoms with Crippen molar-refractivity contribution in [3.05, 3.63) is 63.1 Å². The lowest BCUT2D eigenvalue weighted by Crippen LogP contribution is -1.96. The van der Waals surface area contributed by atoms with Crippen LogP contribution in [0.1, 0.15) is 46.1 Å². The number of halogens is 2. The Morgan fingerprint density at radius 1 is 1.09 bits per heavy atom. The zero-order chi connectivity index (χ0) is 17.0. The quantitative estimate of drug-likeness (QED) is 0.383. The molecule has 1 nitrogen and oxygen atoms in total. The van der Waals surface area contributed by atoms with Crippen LogP contribution in [-0.2, 0) is 4.79 Å². The van der Waals surface area contributed by atoms with E-state index in [0.717, 1.165) is 22.0 Å². The number of hydrogen-bond acceptors (Lipinski definition) is 1. The second kappa shape index (κ2) is 12.4. The molecule has 1 aromatic rings. The SMILES string of the molecule is CC.CC/C(Br)=C\C=C(/CC)C(=O)/C=C/c1ccc(Cl)cc1. The molecule has 0 saturated carbocycles. The zero-order valence-electron chi connectivity index (χ0n) is 13.7. The van der Waals surface area contributed by atoms with Crippen LogP contribution in [0.5, 0.6) is 0 Å². The monoisotopic (exact) mass is 382 g/mol. The summed E-state index contributed by atoms with van der Waals surface area (Å²) in [4.78, 5) is 12.1. The summed E-state index contributed by atoms with van der Waals surface area (Å²) < 4.78 is 1.08. The molecule has 1 rings (SSSR count). The fourth-order valence-corrected chi connectivity index (χ4v) is 1.79. The minimum absolute atomic E-state index is 0.0371. The molecule has 0 unspecified atom stereocenters. The molecule has 0 aliphatic carbocycles. The van der Waals surface area contributed by atoms with E-state index in [4.69, 9.17) is 11.6 Å². The number of hydrogen-bond donors (Lipinski definition) is 0. The number of carbonyl (C=O) groups excluding carboxylic acids is 1. The lowest BCUT2D eigenvalue weighted by Gasteiger charge is -1.99. The van der Waals surface area contributed by atoms with Gasteiger partial charge >= 0.3 is 0 Å². The van der Waals surface area contributed by atoms with E-state index < -0.39 is 0 Å². The minimum Gasteiger partial charge on any atom is -0.290 e. The number of benzene rings is 1. The minimum atomic E-state index is 0.0371. The van der Waals surface area contributed by atoms with Gasteiger partial charge in [0.1, 0.15) is 0 Å². The molecule has 0 aliphatic rings. The molecule has 0 aromatic heterocycles. The molecule has 120 valence electrons. The molecule has 0 saturated heterocycles. The highest BCUT2D eigenvalue weighted by Gasteiger charge is 2.02. The summed E-state index contributed by atoms with van der Waals surface area (Å²) in [5.74, 6) is 0.0371. The third-order valence-corrected chi connectivity index (χ3v) is 3.87. The van der Waals surface area contributed by atoms with Gasteiger partial charge < -0.3 is 0 Å². The van der Waals surface area contributed by atoms with Gasteiger partial charge in [-0.1, -0.05) is 85.6 Å². The zero-order valence-corrected chi connectivity index (χ0v) is 16.0. The van der Waals surface area contributed by atoms with Gasteiger partial charge in [0.2, 0.25) is 0 Å². The predicted molar refractivity (Wildman–Crippen MR) is 103 cm³/mol. The standard InChI is InChI=1S/C17H18BrClO.C2H6/c1-3-14(8-9-15(18)4-2)17(20)12-7-13-5-10-16(19)11-6-13;1-2/h5-12H,3-4H2,1-2H3;1-2H3/b12-7+,14-8+,15-9+;. The number of allylic oxidation sites excluding steroid dienone is 5. The average molecular weight is 384 g/mol. The number of carbonyl (C=O) groups is 1. The van der Waals surface area contributed by atoms with Crippen LogP contribution in [0.15, 0.2) is 52.5 Å². The Hall–Kier alpha value is -1.12. The lowest BCUT2D eigenvalue weighted by atomic mass is 10.1. The van der Waals surface area contributed by atoms with E-state index in [1.165, 1.54) is 0 Å². The Morgan fingerprint density at radius 3 is 2.18 bits per heavy atom. The lowest BCUT2D eigenvalue weighted by molar-refractivity contribution is -0.111. The summed E-state index contributed by atoms with van der Waals surface area (Å²) in [6.07, 6.45) is 8.86. The molecular formula is C19H24BrClO. The maximum absolute atomic E-state index is 12.1. The Kier molecular flexibility index (Phi) is 11.8. The molecule has 0 atom stereocenters. The second-order valence-electron chi connectivity index (χ2n) is 4.26. The molecule has 0 fully saturated rings. The topological polar surface area (TPSA) is 17.1 Å². The molecular weight excluding hydrogens is 360 g/mol. The van der Waals surface area contributed by atoms with Crippen molar-refractivity contribution in [2.45, 2.75) is 40.5 Å². The van der Waals surface area contributed by atoms with Gasteiger partial charge in [-0.05, 0) is 46.7 Å². The van der Waals surface area contributed by atoms with Crippen LogP contribution < -0.4 is 0 Å². The Bertz CT molecular complexity index is 539. The van der Waals surface area contributed by atoms with Gasteiger partial charge in [-0.15, -0.1) is 0 Å². The average Bonchev–Trinajstić information content (AvgIpc) is 2.56. The molecule has 0 aliphatic heterocycles. The van der Waals surface area contributed by atoms with Crippen LogP contribution in [0.2, 0.25) is 5.02 Å². The molecule has 0 bridgehead atoms. The van der Waals surface area contributed by atoms with E-state index in [1.54, 1.807) is 12.2 Å². The van der Waals surface area contributed by atoms with Crippen molar-refractivity contribution < 1.29 is 4.79 Å². The van der Waals surface area contributed by atoms with Crippen molar-refractivity contribution in [1.29, 1.82) is 0 Å². The van der Waals surface area contributed by atoms with Crippen LogP contribution in [-0.4, -0.2) is 5.78 Å². The maximum Gasteiger partial charge on any atom is 0.181 e. The van der Waals surface area contributed by atoms with E-state index in [-0.39, 0.29) is 5.78 Å². The molecule has 3 heteroatoms. The molecule has 0 N–H and O–H groups in total. The summed E-state index contributed by atoms with van der Waals surface area (Å²) in [5, 5.41) is 0.692. The van der Waals surface area contributed by atoms with Gasteiger partial charge in [0.25, 0.3) is 0 Å². The van der Waals surface area contributed by atoms with E-state index in [2.05, 4.69) is 22.9 Å². The van der Waals surface area contributed by atoms with Gasteiger partial charge in [-0.25, -0.2) is 0 Å². The highest BCUT2D eigenvalue weighted by atomic mass is 79.9. The number of rotatable bonds is 6. The van der Waals surface area contributed by atoms with E-state index >= 15 is 0 Å². The Balaban J connectivity index is 0.00000211. The van der Waals surface area contributed by atoms with Crippen molar-refractivity contribution in [1.82, 2.24) is 0 Å². The first kappa shape index (κ1) is 20.9. The van der Waals surface area contributed by atoms with Gasteiger partial charge in [-0.3, -0.25) is 4.79 Å². The van der Waals surface area contributed by atoms with Gasteiger partial charge in [0.15, 0.2) is 5.78 Å². The third kappa shape index (κ3) is 8.35. The van der Waals surface area contributed by atoms with Crippen molar-refractivity contribution in [3.63, 3.8) is 0 Å². The van der Waals surface area contributed by atoms with Gasteiger partial charge in [-0.2, -0.15) is 0 Å². The molecule has 0 heterocycles. The highest BCUT2D eigenvalue weighted by Crippen LogP contribution is 2.14. The van der Waals surface area contributed by atoms with Crippen molar-refractivity contribution in [2.75, 3.05) is 0 Å². The second-order valence-corrected chi connectivity index (χ2v) is 5.72. The maximum atomic E-state index is 12.1. The first-order chi connectivity index (χ1) is 10.6. The Labute approximate surface area is 147 Å². The fraction of sp³-hybridized carbons (Fsp3) is 0.316. The largest absolute Gasteiger partial charge is 0.290 e. The summed E-state index contributed by atoms with van der Waals surface area (Å²) in [6, 6.07) is 7.39. The van der Waals surface area contributed by atoms with Crippen LogP contribution in [0.25, 0.3) is 6.08 Å². The van der Waals surface area contributed by atoms with Crippen LogP contribution in [0.3, 0.4) is 0 Å². The first-order valence-corrected chi connectivity index (χ1v) is 8.77. The summed E-state index contributed by atoms with van der Waals surface area (Å²) >= 11 is 9.26. The van der Waals surface area contributed by atoms with Crippen molar-refractivity contribution >= 4 is 39.4 Å². The molecule has 0 radical (unpaired) electrons. The van der Waals surface area contributed by atoms with E-state index in [1.807, 2.05) is 57.2 Å². The molecule has 22 heavy (non-hydrogen) atoms. The van der Waals surface area contributed by atoms with Crippen molar-refractivity contribution in [3.8, 4) is 0 Å². The highest BCUT2D eigenvalue weighted by molar-refractivity contribution is 9.11. The third-order valence-electron chi connectivity index (χ3n) is 2.80. The summed E-state index contributed by atoms with van der Waals surface area (Å²) in [7, 11) is 0. The summed E-state index contributed by atoms with van der Waals surface area (Å²) in [5.41, 5.74) is 1.75. The van der Waals surface area contributed by atoms with Gasteiger partial charge in [0.05, 0.1) is 0 Å². The number of ketones is 1.